The van der Waals surface area contributed by atoms with Crippen molar-refractivity contribution in [2.45, 2.75) is 6.92 Å². The third-order valence-electron chi connectivity index (χ3n) is 4.04. The maximum atomic E-state index is 12.4. The number of carbonyl (C=O) groups excluding carboxylic acids is 2. The molecule has 4 rings (SSSR count). The van der Waals surface area contributed by atoms with E-state index in [0.717, 1.165) is 16.0 Å². The van der Waals surface area contributed by atoms with Crippen LogP contribution in [0.1, 0.15) is 25.9 Å². The second kappa shape index (κ2) is 7.17. The number of ketones is 1. The summed E-state index contributed by atoms with van der Waals surface area (Å²) in [5, 5.41) is 1.57. The van der Waals surface area contributed by atoms with Gasteiger partial charge in [-0.2, -0.15) is 0 Å². The highest BCUT2D eigenvalue weighted by molar-refractivity contribution is 7.17. The zero-order chi connectivity index (χ0) is 18.8. The number of ether oxygens (including phenoxy) is 1. The van der Waals surface area contributed by atoms with Gasteiger partial charge in [0.2, 0.25) is 5.78 Å². The molecule has 0 radical (unpaired) electrons. The van der Waals surface area contributed by atoms with Crippen LogP contribution in [0.15, 0.2) is 65.1 Å². The number of fused-ring (bicyclic) bond motifs is 1. The molecule has 0 unspecified atom stereocenters. The molecule has 6 heteroatoms. The average molecular weight is 377 g/mol. The summed E-state index contributed by atoms with van der Waals surface area (Å²) in [7, 11) is 0. The molecule has 4 aromatic rings. The van der Waals surface area contributed by atoms with Crippen molar-refractivity contribution in [2.24, 2.45) is 0 Å². The fraction of sp³-hybridized carbons (Fsp3) is 0.0952. The standard InChI is InChI=1S/C21H15NO4S/c1-13-19(27-20(22-13)14-7-3-2-4-8-14)21(24)25-12-16(23)18-11-15-9-5-6-10-17(15)26-18/h2-11H,12H2,1H3. The Morgan fingerprint density at radius 1 is 1.07 bits per heavy atom. The molecular formula is C21H15NO4S. The van der Waals surface area contributed by atoms with Crippen LogP contribution in [-0.2, 0) is 4.74 Å². The van der Waals surface area contributed by atoms with E-state index in [9.17, 15) is 9.59 Å². The number of aromatic nitrogens is 1. The van der Waals surface area contributed by atoms with Gasteiger partial charge in [-0.25, -0.2) is 9.78 Å². The van der Waals surface area contributed by atoms with Crippen LogP contribution < -0.4 is 0 Å². The Labute approximate surface area is 159 Å². The first-order valence-corrected chi connectivity index (χ1v) is 9.15. The lowest BCUT2D eigenvalue weighted by Crippen LogP contribution is -2.13. The summed E-state index contributed by atoms with van der Waals surface area (Å²) in [6, 6.07) is 18.6. The molecule has 2 aromatic carbocycles. The monoisotopic (exact) mass is 377 g/mol. The normalized spacial score (nSPS) is 10.9. The van der Waals surface area contributed by atoms with Gasteiger partial charge >= 0.3 is 5.97 Å². The van der Waals surface area contributed by atoms with E-state index >= 15 is 0 Å². The molecule has 0 saturated heterocycles. The number of Topliss-reactive ketones (excluding diaryl/α,β-unsaturated/α-hetero) is 1. The molecule has 0 atom stereocenters. The van der Waals surface area contributed by atoms with Crippen molar-refractivity contribution >= 4 is 34.1 Å². The molecule has 0 aliphatic heterocycles. The van der Waals surface area contributed by atoms with Crippen LogP contribution >= 0.6 is 11.3 Å². The van der Waals surface area contributed by atoms with Crippen LogP contribution in [0, 0.1) is 6.92 Å². The molecule has 0 aliphatic carbocycles. The number of hydrogen-bond acceptors (Lipinski definition) is 6. The highest BCUT2D eigenvalue weighted by atomic mass is 32.1. The third kappa shape index (κ3) is 3.52. The van der Waals surface area contributed by atoms with Gasteiger partial charge < -0.3 is 9.15 Å². The maximum absolute atomic E-state index is 12.4. The summed E-state index contributed by atoms with van der Waals surface area (Å²) in [6.07, 6.45) is 0. The molecule has 5 nitrogen and oxygen atoms in total. The first-order valence-electron chi connectivity index (χ1n) is 8.33. The van der Waals surface area contributed by atoms with Crippen molar-refractivity contribution in [1.82, 2.24) is 4.98 Å². The van der Waals surface area contributed by atoms with E-state index in [1.807, 2.05) is 48.5 Å². The van der Waals surface area contributed by atoms with Crippen molar-refractivity contribution in [3.63, 3.8) is 0 Å². The molecule has 0 N–H and O–H groups in total. The molecule has 0 saturated carbocycles. The summed E-state index contributed by atoms with van der Waals surface area (Å²) in [5.41, 5.74) is 2.14. The number of carbonyl (C=O) groups is 2. The molecule has 0 bridgehead atoms. The van der Waals surface area contributed by atoms with Crippen LogP contribution in [0.4, 0.5) is 0 Å². The number of esters is 1. The molecule has 0 amide bonds. The number of thiazole rings is 1. The predicted molar refractivity (Wildman–Crippen MR) is 103 cm³/mol. The lowest BCUT2D eigenvalue weighted by molar-refractivity contribution is 0.0472. The number of benzene rings is 2. The van der Waals surface area contributed by atoms with Crippen molar-refractivity contribution in [1.29, 1.82) is 0 Å². The number of hydrogen-bond donors (Lipinski definition) is 0. The van der Waals surface area contributed by atoms with Crippen molar-refractivity contribution in [3.8, 4) is 10.6 Å². The second-order valence-electron chi connectivity index (χ2n) is 5.95. The molecular weight excluding hydrogens is 362 g/mol. The zero-order valence-corrected chi connectivity index (χ0v) is 15.3. The zero-order valence-electron chi connectivity index (χ0n) is 14.5. The molecule has 2 aromatic heterocycles. The SMILES string of the molecule is Cc1nc(-c2ccccc2)sc1C(=O)OCC(=O)c1cc2ccccc2o1. The van der Waals surface area contributed by atoms with E-state index < -0.39 is 5.97 Å². The van der Waals surface area contributed by atoms with Gasteiger partial charge in [0.05, 0.1) is 5.69 Å². The van der Waals surface area contributed by atoms with Gasteiger partial charge in [0.1, 0.15) is 15.5 Å². The van der Waals surface area contributed by atoms with Gasteiger partial charge in [0.25, 0.3) is 0 Å². The number of nitrogens with zero attached hydrogens (tertiary/aromatic N) is 1. The summed E-state index contributed by atoms with van der Waals surface area (Å²) < 4.78 is 10.7. The Hall–Kier alpha value is -3.25. The molecule has 0 fully saturated rings. The summed E-state index contributed by atoms with van der Waals surface area (Å²) >= 11 is 1.25. The van der Waals surface area contributed by atoms with Crippen LogP contribution in [0.25, 0.3) is 21.5 Å². The van der Waals surface area contributed by atoms with Gasteiger partial charge in [-0.05, 0) is 19.1 Å². The van der Waals surface area contributed by atoms with Gasteiger partial charge in [0.15, 0.2) is 12.4 Å². The Morgan fingerprint density at radius 3 is 2.59 bits per heavy atom. The highest BCUT2D eigenvalue weighted by Gasteiger charge is 2.20. The second-order valence-corrected chi connectivity index (χ2v) is 6.95. The van der Waals surface area contributed by atoms with Crippen molar-refractivity contribution in [2.75, 3.05) is 6.61 Å². The third-order valence-corrected chi connectivity index (χ3v) is 5.22. The van der Waals surface area contributed by atoms with Crippen molar-refractivity contribution in [3.05, 3.63) is 77.0 Å². The van der Waals surface area contributed by atoms with Gasteiger partial charge in [0, 0.05) is 10.9 Å². The fourth-order valence-corrected chi connectivity index (χ4v) is 3.64. The molecule has 134 valence electrons. The molecule has 2 heterocycles. The largest absolute Gasteiger partial charge is 0.453 e. The quantitative estimate of drug-likeness (QED) is 0.365. The van der Waals surface area contributed by atoms with E-state index in [1.54, 1.807) is 19.1 Å². The van der Waals surface area contributed by atoms with E-state index in [2.05, 4.69) is 4.98 Å². The molecule has 0 aliphatic rings. The molecule has 0 spiro atoms. The van der Waals surface area contributed by atoms with Gasteiger partial charge in [-0.15, -0.1) is 11.3 Å². The smallest absolute Gasteiger partial charge is 0.350 e. The average Bonchev–Trinajstić information content (AvgIpc) is 3.30. The van der Waals surface area contributed by atoms with Gasteiger partial charge in [-0.3, -0.25) is 4.79 Å². The minimum absolute atomic E-state index is 0.176. The Kier molecular flexibility index (Phi) is 4.56. The lowest BCUT2D eigenvalue weighted by atomic mass is 10.2. The Bertz CT molecular complexity index is 1090. The minimum atomic E-state index is -0.559. The van der Waals surface area contributed by atoms with Crippen molar-refractivity contribution < 1.29 is 18.7 Å². The minimum Gasteiger partial charge on any atom is -0.453 e. The van der Waals surface area contributed by atoms with E-state index in [4.69, 9.17) is 9.15 Å². The van der Waals surface area contributed by atoms with Crippen LogP contribution in [0.3, 0.4) is 0 Å². The highest BCUT2D eigenvalue weighted by Crippen LogP contribution is 2.28. The summed E-state index contributed by atoms with van der Waals surface area (Å²) in [6.45, 7) is 1.37. The molecule has 27 heavy (non-hydrogen) atoms. The first kappa shape index (κ1) is 17.2. The number of rotatable bonds is 5. The summed E-state index contributed by atoms with van der Waals surface area (Å²) in [4.78, 5) is 29.5. The number of aryl methyl sites for hydroxylation is 1. The van der Waals surface area contributed by atoms with Crippen LogP contribution in [0.2, 0.25) is 0 Å². The number of furan rings is 1. The summed E-state index contributed by atoms with van der Waals surface area (Å²) in [5.74, 6) is -0.767. The fourth-order valence-electron chi connectivity index (χ4n) is 2.68. The first-order chi connectivity index (χ1) is 13.1. The van der Waals surface area contributed by atoms with Crippen LogP contribution in [0.5, 0.6) is 0 Å². The number of para-hydroxylation sites is 1. The maximum Gasteiger partial charge on any atom is 0.350 e. The van der Waals surface area contributed by atoms with Crippen LogP contribution in [-0.4, -0.2) is 23.3 Å². The van der Waals surface area contributed by atoms with E-state index in [1.165, 1.54) is 11.3 Å². The Morgan fingerprint density at radius 2 is 1.81 bits per heavy atom. The van der Waals surface area contributed by atoms with Gasteiger partial charge in [-0.1, -0.05) is 48.5 Å². The topological polar surface area (TPSA) is 69.4 Å². The van der Waals surface area contributed by atoms with E-state index in [-0.39, 0.29) is 18.2 Å². The lowest BCUT2D eigenvalue weighted by Gasteiger charge is -2.01. The van der Waals surface area contributed by atoms with E-state index in [0.29, 0.717) is 16.2 Å². The predicted octanol–water partition coefficient (Wildman–Crippen LogP) is 4.90. The Balaban J connectivity index is 1.46.